The van der Waals surface area contributed by atoms with E-state index >= 15 is 0 Å². The first-order valence-electron chi connectivity index (χ1n) is 16.4. The van der Waals surface area contributed by atoms with E-state index in [9.17, 15) is 14.4 Å². The van der Waals surface area contributed by atoms with Gasteiger partial charge in [0, 0.05) is 56.4 Å². The van der Waals surface area contributed by atoms with E-state index in [0.717, 1.165) is 50.5 Å². The van der Waals surface area contributed by atoms with Gasteiger partial charge in [-0.05, 0) is 75.0 Å². The van der Waals surface area contributed by atoms with Crippen LogP contribution in [0.1, 0.15) is 76.7 Å². The van der Waals surface area contributed by atoms with E-state index in [1.54, 1.807) is 4.90 Å². The molecule has 4 aliphatic rings. The minimum absolute atomic E-state index is 0.101. The number of carbonyl (C=O) groups is 3. The second kappa shape index (κ2) is 14.5. The Balaban J connectivity index is 1.25. The Morgan fingerprint density at radius 2 is 1.70 bits per heavy atom. The number of amides is 4. The van der Waals surface area contributed by atoms with Crippen molar-refractivity contribution in [2.24, 2.45) is 5.92 Å². The molecule has 0 aromatic heterocycles. The number of hydrogen-bond acceptors (Lipinski definition) is 5. The van der Waals surface area contributed by atoms with Gasteiger partial charge in [-0.2, -0.15) is 0 Å². The molecule has 1 aromatic carbocycles. The molecule has 2 heterocycles. The highest BCUT2D eigenvalue weighted by Crippen LogP contribution is 2.32. The van der Waals surface area contributed by atoms with Crippen LogP contribution in [-0.4, -0.2) is 108 Å². The lowest BCUT2D eigenvalue weighted by Gasteiger charge is -2.48. The van der Waals surface area contributed by atoms with Crippen molar-refractivity contribution in [3.63, 3.8) is 0 Å². The Labute approximate surface area is 262 Å². The number of piperidine rings is 1. The summed E-state index contributed by atoms with van der Waals surface area (Å²) in [6.07, 6.45) is 10.6. The Hall–Kier alpha value is -2.52. The second-order valence-corrected chi connectivity index (χ2v) is 13.8. The number of benzene rings is 1. The van der Waals surface area contributed by atoms with Crippen molar-refractivity contribution in [1.29, 1.82) is 0 Å². The lowest BCUT2D eigenvalue weighted by molar-refractivity contribution is -0.136. The highest BCUT2D eigenvalue weighted by molar-refractivity contribution is 6.30. The van der Waals surface area contributed by atoms with Crippen molar-refractivity contribution in [2.45, 2.75) is 108 Å². The molecular weight excluding hydrogens is 566 g/mol. The van der Waals surface area contributed by atoms with E-state index in [-0.39, 0.29) is 54.2 Å². The number of carbonyl (C=O) groups excluding carboxylic acids is 3. The Kier molecular flexibility index (Phi) is 10.8. The van der Waals surface area contributed by atoms with Crippen molar-refractivity contribution in [3.8, 4) is 0 Å². The number of ether oxygens (including phenoxy) is 1. The van der Waals surface area contributed by atoms with Crippen LogP contribution in [0.2, 0.25) is 5.02 Å². The molecule has 4 amide bonds. The fraction of sp³-hybridized carbons (Fsp3) is 0.727. The number of likely N-dealkylation sites (tertiary alicyclic amines) is 1. The van der Waals surface area contributed by atoms with Crippen LogP contribution in [0.4, 0.5) is 9.59 Å². The third-order valence-electron chi connectivity index (χ3n) is 10.1. The zero-order chi connectivity index (χ0) is 30.5. The lowest BCUT2D eigenvalue weighted by atomic mass is 9.87. The zero-order valence-corrected chi connectivity index (χ0v) is 26.9. The fourth-order valence-corrected chi connectivity index (χ4v) is 7.90. The maximum atomic E-state index is 14.2. The van der Waals surface area contributed by atoms with Crippen molar-refractivity contribution < 1.29 is 19.1 Å². The normalized spacial score (nSPS) is 27.5. The average molecular weight is 616 g/mol. The van der Waals surface area contributed by atoms with Gasteiger partial charge in [0.1, 0.15) is 6.61 Å². The third-order valence-corrected chi connectivity index (χ3v) is 10.4. The number of nitrogens with one attached hydrogen (secondary N) is 1. The molecule has 9 nitrogen and oxygen atoms in total. The van der Waals surface area contributed by atoms with E-state index < -0.39 is 0 Å². The first-order chi connectivity index (χ1) is 20.7. The zero-order valence-electron chi connectivity index (χ0n) is 26.2. The summed E-state index contributed by atoms with van der Waals surface area (Å²) in [6, 6.07) is 8.38. The van der Waals surface area contributed by atoms with Crippen LogP contribution in [-0.2, 0) is 16.0 Å². The van der Waals surface area contributed by atoms with Crippen molar-refractivity contribution in [1.82, 2.24) is 24.9 Å². The topological polar surface area (TPSA) is 85.4 Å². The van der Waals surface area contributed by atoms with Crippen molar-refractivity contribution in [3.05, 3.63) is 34.9 Å². The Bertz CT molecular complexity index is 1100. The van der Waals surface area contributed by atoms with Crippen LogP contribution in [0.5, 0.6) is 0 Å². The molecule has 2 aliphatic carbocycles. The first kappa shape index (κ1) is 31.9. The summed E-state index contributed by atoms with van der Waals surface area (Å²) in [7, 11) is 3.69. The number of hydrogen-bond donors (Lipinski definition) is 1. The summed E-state index contributed by atoms with van der Waals surface area (Å²) < 4.78 is 5.16. The molecule has 0 spiro atoms. The quantitative estimate of drug-likeness (QED) is 0.437. The largest absolute Gasteiger partial charge is 0.448 e. The van der Waals surface area contributed by atoms with Gasteiger partial charge >= 0.3 is 12.1 Å². The van der Waals surface area contributed by atoms with E-state index in [0.29, 0.717) is 37.7 Å². The maximum Gasteiger partial charge on any atom is 0.410 e. The molecule has 5 rings (SSSR count). The Morgan fingerprint density at radius 3 is 2.30 bits per heavy atom. The molecular formula is C33H50ClN5O4. The molecule has 1 N–H and O–H groups in total. The van der Waals surface area contributed by atoms with E-state index in [2.05, 4.69) is 17.1 Å². The maximum absolute atomic E-state index is 14.2. The summed E-state index contributed by atoms with van der Waals surface area (Å²) >= 11 is 6.16. The second-order valence-electron chi connectivity index (χ2n) is 13.4. The molecule has 0 radical (unpaired) electrons. The van der Waals surface area contributed by atoms with Gasteiger partial charge in [-0.15, -0.1) is 0 Å². The summed E-state index contributed by atoms with van der Waals surface area (Å²) in [5.41, 5.74) is 1.08. The molecule has 2 saturated heterocycles. The van der Waals surface area contributed by atoms with Gasteiger partial charge in [0.15, 0.2) is 0 Å². The first-order valence-corrected chi connectivity index (χ1v) is 16.8. The number of urea groups is 1. The summed E-state index contributed by atoms with van der Waals surface area (Å²) in [5.74, 6) is 0.323. The number of rotatable bonds is 8. The van der Waals surface area contributed by atoms with Crippen LogP contribution >= 0.6 is 11.6 Å². The summed E-state index contributed by atoms with van der Waals surface area (Å²) in [5, 5.41) is 4.43. The molecule has 0 unspecified atom stereocenters. The molecule has 2 aliphatic heterocycles. The van der Waals surface area contributed by atoms with Gasteiger partial charge in [0.2, 0.25) is 5.91 Å². The van der Waals surface area contributed by atoms with Gasteiger partial charge < -0.3 is 29.7 Å². The lowest BCUT2D eigenvalue weighted by Crippen LogP contribution is -2.60. The monoisotopic (exact) mass is 615 g/mol. The van der Waals surface area contributed by atoms with E-state index in [1.807, 2.05) is 48.2 Å². The van der Waals surface area contributed by atoms with E-state index in [4.69, 9.17) is 16.3 Å². The molecule has 2 saturated carbocycles. The van der Waals surface area contributed by atoms with Crippen LogP contribution in [0.15, 0.2) is 24.3 Å². The number of nitrogens with zero attached hydrogens (tertiary/aromatic N) is 4. The van der Waals surface area contributed by atoms with Crippen LogP contribution in [0, 0.1) is 5.92 Å². The fourth-order valence-electron chi connectivity index (χ4n) is 7.78. The molecule has 1 aromatic rings. The summed E-state index contributed by atoms with van der Waals surface area (Å²) in [4.78, 5) is 47.5. The van der Waals surface area contributed by atoms with Gasteiger partial charge in [0.25, 0.3) is 0 Å². The predicted octanol–water partition coefficient (Wildman–Crippen LogP) is 5.16. The highest BCUT2D eigenvalue weighted by Gasteiger charge is 2.41. The predicted molar refractivity (Wildman–Crippen MR) is 168 cm³/mol. The van der Waals surface area contributed by atoms with Crippen molar-refractivity contribution >= 4 is 29.6 Å². The number of cyclic esters (lactones) is 1. The minimum Gasteiger partial charge on any atom is -0.448 e. The number of halogens is 1. The van der Waals surface area contributed by atoms with E-state index in [1.165, 1.54) is 19.3 Å². The molecule has 0 bridgehead atoms. The molecule has 238 valence electrons. The molecule has 4 fully saturated rings. The van der Waals surface area contributed by atoms with Crippen LogP contribution < -0.4 is 5.32 Å². The van der Waals surface area contributed by atoms with Gasteiger partial charge in [-0.25, -0.2) is 9.59 Å². The van der Waals surface area contributed by atoms with Crippen LogP contribution in [0.3, 0.4) is 0 Å². The SMILES string of the molecule is C[C@@H]1CN(C(=O)[C@@H](Cc2ccc(Cl)cc2)NC2CCC(N3CCOC3=O)CC2)CC[C@@H]1N(C(=O)N(C)C)C1CCCCC1. The van der Waals surface area contributed by atoms with Crippen LogP contribution in [0.25, 0.3) is 0 Å². The molecule has 3 atom stereocenters. The van der Waals surface area contributed by atoms with Gasteiger partial charge in [0.05, 0.1) is 12.6 Å². The third kappa shape index (κ3) is 7.77. The van der Waals surface area contributed by atoms with Gasteiger partial charge in [-0.1, -0.05) is 49.9 Å². The van der Waals surface area contributed by atoms with Crippen molar-refractivity contribution in [2.75, 3.05) is 40.3 Å². The molecule has 10 heteroatoms. The minimum atomic E-state index is -0.346. The highest BCUT2D eigenvalue weighted by atomic mass is 35.5. The van der Waals surface area contributed by atoms with Gasteiger partial charge in [-0.3, -0.25) is 4.79 Å². The summed E-state index contributed by atoms with van der Waals surface area (Å²) in [6.45, 7) is 4.66. The Morgan fingerprint density at radius 1 is 1.00 bits per heavy atom. The average Bonchev–Trinajstić information content (AvgIpc) is 3.45. The molecule has 43 heavy (non-hydrogen) atoms. The smallest absolute Gasteiger partial charge is 0.410 e. The standard InChI is InChI=1S/C33H50ClN5O4/c1-23-22-37(18-17-30(23)39(32(41)36(2)3)28-7-5-4-6-8-28)31(40)29(21-24-9-11-25(34)12-10-24)35-26-13-15-27(16-14-26)38-19-20-43-33(38)42/h9-12,23,26-30,35H,4-8,13-22H2,1-3H3/t23-,26?,27?,29-,30+/m1/s1.